The van der Waals surface area contributed by atoms with Crippen LogP contribution in [-0.4, -0.2) is 22.0 Å². The lowest BCUT2D eigenvalue weighted by molar-refractivity contribution is -0.384. The molecular formula is C11H16N4O2. The number of nitro groups is 1. The summed E-state index contributed by atoms with van der Waals surface area (Å²) in [5, 5.41) is 14.1. The van der Waals surface area contributed by atoms with Crippen LogP contribution in [0.25, 0.3) is 0 Å². The molecule has 0 aliphatic heterocycles. The number of nitrogens with zero attached hydrogens (tertiary/aromatic N) is 2. The summed E-state index contributed by atoms with van der Waals surface area (Å²) < 4.78 is 0. The molecule has 1 aliphatic rings. The van der Waals surface area contributed by atoms with Gasteiger partial charge in [-0.05, 0) is 18.9 Å². The number of pyridine rings is 1. The summed E-state index contributed by atoms with van der Waals surface area (Å²) >= 11 is 0. The lowest BCUT2D eigenvalue weighted by atomic mass is 9.98. The second-order valence-corrected chi connectivity index (χ2v) is 4.44. The molecule has 3 N–H and O–H groups in total. The van der Waals surface area contributed by atoms with Gasteiger partial charge in [-0.15, -0.1) is 0 Å². The first-order valence-corrected chi connectivity index (χ1v) is 5.74. The average molecular weight is 236 g/mol. The van der Waals surface area contributed by atoms with E-state index in [0.717, 1.165) is 25.7 Å². The van der Waals surface area contributed by atoms with E-state index in [0.29, 0.717) is 12.4 Å². The average Bonchev–Trinajstić information content (AvgIpc) is 2.79. The minimum absolute atomic E-state index is 0.00669. The van der Waals surface area contributed by atoms with Crippen LogP contribution in [0.4, 0.5) is 11.5 Å². The van der Waals surface area contributed by atoms with Crippen molar-refractivity contribution in [3.63, 3.8) is 0 Å². The first kappa shape index (κ1) is 11.8. The van der Waals surface area contributed by atoms with Crippen LogP contribution in [0.2, 0.25) is 0 Å². The summed E-state index contributed by atoms with van der Waals surface area (Å²) in [6.45, 7) is 0.473. The van der Waals surface area contributed by atoms with Gasteiger partial charge >= 0.3 is 5.69 Å². The number of rotatable bonds is 4. The molecule has 0 aromatic carbocycles. The van der Waals surface area contributed by atoms with Crippen LogP contribution in [-0.2, 0) is 0 Å². The van der Waals surface area contributed by atoms with Crippen LogP contribution >= 0.6 is 0 Å². The fourth-order valence-electron chi connectivity index (χ4n) is 2.32. The molecule has 17 heavy (non-hydrogen) atoms. The summed E-state index contributed by atoms with van der Waals surface area (Å²) in [7, 11) is 0. The van der Waals surface area contributed by atoms with Crippen molar-refractivity contribution in [1.29, 1.82) is 0 Å². The lowest BCUT2D eigenvalue weighted by Crippen LogP contribution is -2.43. The van der Waals surface area contributed by atoms with E-state index in [9.17, 15) is 10.1 Å². The third kappa shape index (κ3) is 2.36. The molecule has 1 aliphatic carbocycles. The molecule has 92 valence electrons. The molecule has 0 saturated heterocycles. The number of nitrogens with two attached hydrogens (primary N) is 1. The monoisotopic (exact) mass is 236 g/mol. The van der Waals surface area contributed by atoms with E-state index < -0.39 is 4.92 Å². The van der Waals surface area contributed by atoms with Gasteiger partial charge in [-0.2, -0.15) is 0 Å². The van der Waals surface area contributed by atoms with Crippen molar-refractivity contribution < 1.29 is 4.92 Å². The van der Waals surface area contributed by atoms with Gasteiger partial charge < -0.3 is 11.1 Å². The van der Waals surface area contributed by atoms with Crippen LogP contribution in [0.1, 0.15) is 25.7 Å². The maximum atomic E-state index is 10.9. The second kappa shape index (κ2) is 4.67. The van der Waals surface area contributed by atoms with Crippen molar-refractivity contribution in [2.24, 2.45) is 5.73 Å². The molecule has 1 fully saturated rings. The molecule has 0 radical (unpaired) electrons. The molecule has 2 rings (SSSR count). The standard InChI is InChI=1S/C11H16N4O2/c12-8-11(5-1-2-6-11)14-10-9(15(16)17)4-3-7-13-10/h3-4,7H,1-2,5-6,8,12H2,(H,13,14). The second-order valence-electron chi connectivity index (χ2n) is 4.44. The van der Waals surface area contributed by atoms with Crippen molar-refractivity contribution >= 4 is 11.5 Å². The molecule has 1 saturated carbocycles. The molecule has 1 heterocycles. The third-order valence-corrected chi connectivity index (χ3v) is 3.32. The van der Waals surface area contributed by atoms with E-state index >= 15 is 0 Å². The fraction of sp³-hybridized carbons (Fsp3) is 0.545. The molecule has 0 spiro atoms. The molecule has 6 nitrogen and oxygen atoms in total. The Balaban J connectivity index is 2.26. The Morgan fingerprint density at radius 3 is 2.82 bits per heavy atom. The molecule has 6 heteroatoms. The quantitative estimate of drug-likeness (QED) is 0.612. The predicted molar refractivity (Wildman–Crippen MR) is 64.8 cm³/mol. The van der Waals surface area contributed by atoms with E-state index in [1.165, 1.54) is 6.07 Å². The van der Waals surface area contributed by atoms with Gasteiger partial charge in [-0.1, -0.05) is 12.8 Å². The van der Waals surface area contributed by atoms with Crippen molar-refractivity contribution in [1.82, 2.24) is 4.98 Å². The highest BCUT2D eigenvalue weighted by atomic mass is 16.6. The zero-order valence-electron chi connectivity index (χ0n) is 9.56. The Morgan fingerprint density at radius 2 is 2.24 bits per heavy atom. The highest BCUT2D eigenvalue weighted by Crippen LogP contribution is 2.34. The van der Waals surface area contributed by atoms with E-state index in [4.69, 9.17) is 5.73 Å². The summed E-state index contributed by atoms with van der Waals surface area (Å²) in [5.41, 5.74) is 5.57. The van der Waals surface area contributed by atoms with Crippen LogP contribution < -0.4 is 11.1 Å². The van der Waals surface area contributed by atoms with Crippen molar-refractivity contribution in [2.75, 3.05) is 11.9 Å². The molecule has 0 bridgehead atoms. The first-order chi connectivity index (χ1) is 8.17. The molecule has 1 aromatic rings. The molecule has 0 unspecified atom stereocenters. The van der Waals surface area contributed by atoms with E-state index in [-0.39, 0.29) is 11.2 Å². The molecule has 1 aromatic heterocycles. The summed E-state index contributed by atoms with van der Waals surface area (Å²) in [5.74, 6) is 0.324. The lowest BCUT2D eigenvalue weighted by Gasteiger charge is -2.28. The number of aromatic nitrogens is 1. The number of hydrogen-bond donors (Lipinski definition) is 2. The Kier molecular flexibility index (Phi) is 3.23. The van der Waals surface area contributed by atoms with Crippen LogP contribution in [0, 0.1) is 10.1 Å². The summed E-state index contributed by atoms with van der Waals surface area (Å²) in [4.78, 5) is 14.5. The zero-order chi connectivity index (χ0) is 12.3. The van der Waals surface area contributed by atoms with Gasteiger partial charge in [0.1, 0.15) is 0 Å². The summed E-state index contributed by atoms with van der Waals surface area (Å²) in [6.07, 6.45) is 5.64. The van der Waals surface area contributed by atoms with E-state index in [2.05, 4.69) is 10.3 Å². The van der Waals surface area contributed by atoms with Gasteiger partial charge in [0.2, 0.25) is 5.82 Å². The Bertz CT molecular complexity index is 416. The van der Waals surface area contributed by atoms with Gasteiger partial charge in [-0.25, -0.2) is 4.98 Å². The van der Waals surface area contributed by atoms with Crippen LogP contribution in [0.5, 0.6) is 0 Å². The number of nitrogens with one attached hydrogen (secondary N) is 1. The molecular weight excluding hydrogens is 220 g/mol. The highest BCUT2D eigenvalue weighted by molar-refractivity contribution is 5.56. The van der Waals surface area contributed by atoms with Crippen LogP contribution in [0.3, 0.4) is 0 Å². The number of anilines is 1. The smallest absolute Gasteiger partial charge is 0.311 e. The van der Waals surface area contributed by atoms with Crippen molar-refractivity contribution in [2.45, 2.75) is 31.2 Å². The van der Waals surface area contributed by atoms with Crippen LogP contribution in [0.15, 0.2) is 18.3 Å². The van der Waals surface area contributed by atoms with E-state index in [1.54, 1.807) is 12.3 Å². The van der Waals surface area contributed by atoms with Gasteiger partial charge in [0, 0.05) is 18.8 Å². The molecule has 0 amide bonds. The van der Waals surface area contributed by atoms with Crippen molar-refractivity contribution in [3.8, 4) is 0 Å². The first-order valence-electron chi connectivity index (χ1n) is 5.74. The summed E-state index contributed by atoms with van der Waals surface area (Å²) in [6, 6.07) is 3.02. The Morgan fingerprint density at radius 1 is 1.53 bits per heavy atom. The largest absolute Gasteiger partial charge is 0.358 e. The van der Waals surface area contributed by atoms with Gasteiger partial charge in [0.05, 0.1) is 10.5 Å². The number of hydrogen-bond acceptors (Lipinski definition) is 5. The Hall–Kier alpha value is -1.69. The zero-order valence-corrected chi connectivity index (χ0v) is 9.56. The van der Waals surface area contributed by atoms with Gasteiger partial charge in [0.25, 0.3) is 0 Å². The normalized spacial score (nSPS) is 17.9. The minimum Gasteiger partial charge on any atom is -0.358 e. The maximum absolute atomic E-state index is 10.9. The predicted octanol–water partition coefficient (Wildman–Crippen LogP) is 1.67. The fourth-order valence-corrected chi connectivity index (χ4v) is 2.32. The Labute approximate surface area is 99.4 Å². The van der Waals surface area contributed by atoms with Crippen molar-refractivity contribution in [3.05, 3.63) is 28.4 Å². The highest BCUT2D eigenvalue weighted by Gasteiger charge is 2.34. The van der Waals surface area contributed by atoms with Gasteiger partial charge in [0.15, 0.2) is 0 Å². The maximum Gasteiger partial charge on any atom is 0.311 e. The topological polar surface area (TPSA) is 94.1 Å². The SMILES string of the molecule is NCC1(Nc2ncccc2[N+](=O)[O-])CCCC1. The third-order valence-electron chi connectivity index (χ3n) is 3.32. The molecule has 0 atom stereocenters. The van der Waals surface area contributed by atoms with E-state index in [1.807, 2.05) is 0 Å². The van der Waals surface area contributed by atoms with Gasteiger partial charge in [-0.3, -0.25) is 10.1 Å². The minimum atomic E-state index is -0.422.